The lowest BCUT2D eigenvalue weighted by atomic mass is 9.98. The van der Waals surface area contributed by atoms with Crippen LogP contribution in [0, 0.1) is 0 Å². The van der Waals surface area contributed by atoms with E-state index < -0.39 is 0 Å². The fraction of sp³-hybridized carbons (Fsp3) is 0. The smallest absolute Gasteiger partial charge is 0.0105 e. The number of fused-ring (bicyclic) bond motifs is 1. The summed E-state index contributed by atoms with van der Waals surface area (Å²) >= 11 is 0. The van der Waals surface area contributed by atoms with E-state index in [0.717, 1.165) is 0 Å². The average molecular weight is 332 g/mol. The lowest BCUT2D eigenvalue weighted by Gasteiger charge is -2.06. The summed E-state index contributed by atoms with van der Waals surface area (Å²) in [4.78, 5) is 0. The van der Waals surface area contributed by atoms with Gasteiger partial charge >= 0.3 is 0 Å². The van der Waals surface area contributed by atoms with Crippen LogP contribution in [0.2, 0.25) is 0 Å². The fourth-order valence-electron chi connectivity index (χ4n) is 3.14. The third-order valence-electron chi connectivity index (χ3n) is 4.50. The van der Waals surface area contributed by atoms with Crippen LogP contribution in [0.4, 0.5) is 0 Å². The molecule has 4 aromatic rings. The molecule has 0 aliphatic carbocycles. The molecule has 0 saturated heterocycles. The van der Waals surface area contributed by atoms with Crippen LogP contribution in [0.15, 0.2) is 97.1 Å². The summed E-state index contributed by atoms with van der Waals surface area (Å²) in [6.45, 7) is 0. The van der Waals surface area contributed by atoms with Gasteiger partial charge in [-0.05, 0) is 33.0 Å². The van der Waals surface area contributed by atoms with E-state index in [0.29, 0.717) is 0 Å². The second-order valence-corrected chi connectivity index (χ2v) is 6.28. The number of rotatable bonds is 4. The summed E-state index contributed by atoms with van der Waals surface area (Å²) in [6.07, 6.45) is 8.73. The zero-order valence-corrected chi connectivity index (χ0v) is 14.5. The first-order chi connectivity index (χ1) is 12.9. The van der Waals surface area contributed by atoms with E-state index in [1.807, 2.05) is 12.1 Å². The minimum absolute atomic E-state index is 1.21. The monoisotopic (exact) mass is 332 g/mol. The highest BCUT2D eigenvalue weighted by Crippen LogP contribution is 2.26. The van der Waals surface area contributed by atoms with E-state index in [-0.39, 0.29) is 0 Å². The zero-order chi connectivity index (χ0) is 17.6. The lowest BCUT2D eigenvalue weighted by molar-refractivity contribution is 1.65. The van der Waals surface area contributed by atoms with Gasteiger partial charge in [0, 0.05) is 0 Å². The molecule has 0 radical (unpaired) electrons. The van der Waals surface area contributed by atoms with Crippen LogP contribution in [0.1, 0.15) is 22.3 Å². The van der Waals surface area contributed by atoms with Crippen LogP contribution < -0.4 is 0 Å². The summed E-state index contributed by atoms with van der Waals surface area (Å²) in [7, 11) is 0. The highest BCUT2D eigenvalue weighted by Gasteiger charge is 2.02. The molecule has 0 unspecified atom stereocenters. The Labute approximate surface area is 154 Å². The normalized spacial score (nSPS) is 11.5. The van der Waals surface area contributed by atoms with Crippen LogP contribution in [-0.4, -0.2) is 0 Å². The molecule has 0 bridgehead atoms. The molecule has 0 heteroatoms. The van der Waals surface area contributed by atoms with Crippen molar-refractivity contribution in [2.24, 2.45) is 0 Å². The Kier molecular flexibility index (Phi) is 4.75. The number of hydrogen-bond donors (Lipinski definition) is 0. The summed E-state index contributed by atoms with van der Waals surface area (Å²) in [5.74, 6) is 0. The second-order valence-electron chi connectivity index (χ2n) is 6.28. The van der Waals surface area contributed by atoms with Gasteiger partial charge < -0.3 is 0 Å². The van der Waals surface area contributed by atoms with Crippen LogP contribution in [0.5, 0.6) is 0 Å². The Balaban J connectivity index is 1.72. The summed E-state index contributed by atoms with van der Waals surface area (Å²) in [5, 5.41) is 2.55. The van der Waals surface area contributed by atoms with E-state index in [1.165, 1.54) is 33.0 Å². The first kappa shape index (κ1) is 16.1. The Morgan fingerprint density at radius 2 is 0.731 bits per heavy atom. The SMILES string of the molecule is C(=C/c1ccc(/C=C/c2ccccc2)c2ccccc12)/c1ccccc1. The molecule has 4 aromatic carbocycles. The molecule has 0 amide bonds. The van der Waals surface area contributed by atoms with Gasteiger partial charge in [0.15, 0.2) is 0 Å². The molecule has 0 saturated carbocycles. The van der Waals surface area contributed by atoms with Crippen LogP contribution in [0.25, 0.3) is 35.1 Å². The fourth-order valence-corrected chi connectivity index (χ4v) is 3.14. The third kappa shape index (κ3) is 3.65. The van der Waals surface area contributed by atoms with Gasteiger partial charge in [0.25, 0.3) is 0 Å². The van der Waals surface area contributed by atoms with E-state index >= 15 is 0 Å². The van der Waals surface area contributed by atoms with Gasteiger partial charge in [-0.1, -0.05) is 121 Å². The van der Waals surface area contributed by atoms with Gasteiger partial charge in [0.1, 0.15) is 0 Å². The predicted octanol–water partition coefficient (Wildman–Crippen LogP) is 7.18. The van der Waals surface area contributed by atoms with Crippen molar-refractivity contribution in [2.45, 2.75) is 0 Å². The molecule has 0 aromatic heterocycles. The lowest BCUT2D eigenvalue weighted by Crippen LogP contribution is -1.83. The maximum Gasteiger partial charge on any atom is -0.0105 e. The molecule has 0 spiro atoms. The average Bonchev–Trinajstić information content (AvgIpc) is 2.72. The molecule has 0 N–H and O–H groups in total. The quantitative estimate of drug-likeness (QED) is 0.347. The highest BCUT2D eigenvalue weighted by molar-refractivity contribution is 5.99. The first-order valence-corrected chi connectivity index (χ1v) is 8.88. The van der Waals surface area contributed by atoms with Gasteiger partial charge in [-0.3, -0.25) is 0 Å². The van der Waals surface area contributed by atoms with Crippen molar-refractivity contribution < 1.29 is 0 Å². The Hall–Kier alpha value is -3.38. The van der Waals surface area contributed by atoms with Crippen molar-refractivity contribution in [1.82, 2.24) is 0 Å². The largest absolute Gasteiger partial charge is 0.0622 e. The highest BCUT2D eigenvalue weighted by atomic mass is 14.1. The summed E-state index contributed by atoms with van der Waals surface area (Å²) in [6, 6.07) is 33.8. The minimum Gasteiger partial charge on any atom is -0.0622 e. The Bertz CT molecular complexity index is 967. The van der Waals surface area contributed by atoms with Crippen molar-refractivity contribution in [3.8, 4) is 0 Å². The number of hydrogen-bond acceptors (Lipinski definition) is 0. The molecule has 124 valence electrons. The molecule has 0 heterocycles. The summed E-state index contributed by atoms with van der Waals surface area (Å²) < 4.78 is 0. The van der Waals surface area contributed by atoms with Crippen molar-refractivity contribution in [1.29, 1.82) is 0 Å². The van der Waals surface area contributed by atoms with E-state index in [4.69, 9.17) is 0 Å². The van der Waals surface area contributed by atoms with Gasteiger partial charge in [0.05, 0.1) is 0 Å². The van der Waals surface area contributed by atoms with Crippen molar-refractivity contribution in [3.63, 3.8) is 0 Å². The van der Waals surface area contributed by atoms with Crippen molar-refractivity contribution in [2.75, 3.05) is 0 Å². The van der Waals surface area contributed by atoms with Gasteiger partial charge in [0.2, 0.25) is 0 Å². The first-order valence-electron chi connectivity index (χ1n) is 8.88. The molecule has 4 rings (SSSR count). The molecule has 0 aliphatic rings. The van der Waals surface area contributed by atoms with E-state index in [9.17, 15) is 0 Å². The van der Waals surface area contributed by atoms with Crippen molar-refractivity contribution >= 4 is 35.1 Å². The molecule has 0 aliphatic heterocycles. The Morgan fingerprint density at radius 1 is 0.346 bits per heavy atom. The maximum atomic E-state index is 2.20. The van der Waals surface area contributed by atoms with Crippen molar-refractivity contribution in [3.05, 3.63) is 119 Å². The van der Waals surface area contributed by atoms with Gasteiger partial charge in [-0.2, -0.15) is 0 Å². The summed E-state index contributed by atoms with van der Waals surface area (Å²) in [5.41, 5.74) is 4.90. The molecule has 26 heavy (non-hydrogen) atoms. The van der Waals surface area contributed by atoms with E-state index in [1.54, 1.807) is 0 Å². The Morgan fingerprint density at radius 3 is 1.15 bits per heavy atom. The topological polar surface area (TPSA) is 0 Å². The maximum absolute atomic E-state index is 2.20. The second kappa shape index (κ2) is 7.67. The standard InChI is InChI=1S/C26H20/c1-3-9-21(10-4-1)15-17-23-19-20-24(26-14-8-7-13-25(23)26)18-16-22-11-5-2-6-12-22/h1-20H/b17-15-,18-16+. The van der Waals surface area contributed by atoms with Gasteiger partial charge in [-0.25, -0.2) is 0 Å². The van der Waals surface area contributed by atoms with Gasteiger partial charge in [-0.15, -0.1) is 0 Å². The third-order valence-corrected chi connectivity index (χ3v) is 4.50. The van der Waals surface area contributed by atoms with E-state index in [2.05, 4.69) is 109 Å². The van der Waals surface area contributed by atoms with Crippen LogP contribution in [0.3, 0.4) is 0 Å². The van der Waals surface area contributed by atoms with Crippen LogP contribution >= 0.6 is 0 Å². The predicted molar refractivity (Wildman–Crippen MR) is 115 cm³/mol. The molecular formula is C26H20. The molecule has 0 nitrogen and oxygen atoms in total. The zero-order valence-electron chi connectivity index (χ0n) is 14.5. The molecule has 0 fully saturated rings. The minimum atomic E-state index is 1.21. The van der Waals surface area contributed by atoms with Crippen LogP contribution in [-0.2, 0) is 0 Å². The molecule has 0 atom stereocenters. The molecular weight excluding hydrogens is 312 g/mol. The number of benzene rings is 4.